The molecule has 0 amide bonds. The molecule has 0 radical (unpaired) electrons. The zero-order chi connectivity index (χ0) is 16.6. The molecular weight excluding hydrogens is 370 g/mol. The van der Waals surface area contributed by atoms with Crippen LogP contribution in [0, 0.1) is 11.6 Å². The van der Waals surface area contributed by atoms with Crippen LogP contribution >= 0.6 is 15.9 Å². The summed E-state index contributed by atoms with van der Waals surface area (Å²) in [5, 5.41) is 0. The van der Waals surface area contributed by atoms with Gasteiger partial charge in [0.25, 0.3) is 0 Å². The van der Waals surface area contributed by atoms with Gasteiger partial charge >= 0.3 is 5.76 Å². The Bertz CT molecular complexity index is 920. The third kappa shape index (κ3) is 3.35. The second-order valence-corrected chi connectivity index (χ2v) is 6.22. The molecule has 0 N–H and O–H groups in total. The lowest BCUT2D eigenvalue weighted by molar-refractivity contribution is 0.250. The van der Waals surface area contributed by atoms with Gasteiger partial charge < -0.3 is 4.42 Å². The minimum atomic E-state index is -0.614. The molecule has 0 fully saturated rings. The van der Waals surface area contributed by atoms with E-state index >= 15 is 0 Å². The summed E-state index contributed by atoms with van der Waals surface area (Å²) < 4.78 is 34.1. The molecule has 0 unspecified atom stereocenters. The van der Waals surface area contributed by atoms with Crippen LogP contribution < -0.4 is 5.76 Å². The molecule has 1 heterocycles. The SMILES string of the molecule is CN(Cc1ccc(F)cc1F)Cn1c(=O)oc2cc(Br)ccc21. The summed E-state index contributed by atoms with van der Waals surface area (Å²) >= 11 is 3.32. The largest absolute Gasteiger partial charge is 0.421 e. The monoisotopic (exact) mass is 382 g/mol. The van der Waals surface area contributed by atoms with Crippen LogP contribution in [0.2, 0.25) is 0 Å². The number of fused-ring (bicyclic) bond motifs is 1. The Kier molecular flexibility index (Phi) is 4.32. The zero-order valence-corrected chi connectivity index (χ0v) is 13.8. The Morgan fingerprint density at radius 3 is 2.74 bits per heavy atom. The Morgan fingerprint density at radius 2 is 2.00 bits per heavy atom. The lowest BCUT2D eigenvalue weighted by Crippen LogP contribution is -2.27. The molecule has 0 atom stereocenters. The fourth-order valence-electron chi connectivity index (χ4n) is 2.41. The van der Waals surface area contributed by atoms with Crippen LogP contribution in [0.15, 0.2) is 50.1 Å². The van der Waals surface area contributed by atoms with Gasteiger partial charge in [0.2, 0.25) is 0 Å². The van der Waals surface area contributed by atoms with Gasteiger partial charge in [0.15, 0.2) is 5.58 Å². The Labute approximate surface area is 139 Å². The van der Waals surface area contributed by atoms with Gasteiger partial charge in [-0.2, -0.15) is 0 Å². The van der Waals surface area contributed by atoms with Crippen LogP contribution in [0.25, 0.3) is 11.1 Å². The number of aromatic nitrogens is 1. The highest BCUT2D eigenvalue weighted by Gasteiger charge is 2.13. The summed E-state index contributed by atoms with van der Waals surface area (Å²) in [5.74, 6) is -1.70. The van der Waals surface area contributed by atoms with Crippen molar-refractivity contribution in [1.82, 2.24) is 9.47 Å². The third-order valence-corrected chi connectivity index (χ3v) is 3.96. The predicted molar refractivity (Wildman–Crippen MR) is 86.0 cm³/mol. The van der Waals surface area contributed by atoms with E-state index in [-0.39, 0.29) is 13.2 Å². The lowest BCUT2D eigenvalue weighted by atomic mass is 10.2. The molecule has 0 bridgehead atoms. The second-order valence-electron chi connectivity index (χ2n) is 5.30. The van der Waals surface area contributed by atoms with E-state index in [1.165, 1.54) is 16.7 Å². The van der Waals surface area contributed by atoms with E-state index in [1.54, 1.807) is 24.1 Å². The Hall–Kier alpha value is -1.99. The Morgan fingerprint density at radius 1 is 1.22 bits per heavy atom. The highest BCUT2D eigenvalue weighted by molar-refractivity contribution is 9.10. The van der Waals surface area contributed by atoms with Gasteiger partial charge in [-0.25, -0.2) is 13.6 Å². The maximum atomic E-state index is 13.7. The standard InChI is InChI=1S/C16H13BrF2N2O2/c1-20(8-10-2-4-12(18)7-13(10)19)9-21-14-5-3-11(17)6-15(14)23-16(21)22/h2-7H,8-9H2,1H3. The van der Waals surface area contributed by atoms with Crippen molar-refractivity contribution in [3.63, 3.8) is 0 Å². The van der Waals surface area contributed by atoms with E-state index in [0.29, 0.717) is 16.7 Å². The van der Waals surface area contributed by atoms with Gasteiger partial charge in [-0.3, -0.25) is 9.47 Å². The van der Waals surface area contributed by atoms with E-state index in [1.807, 2.05) is 6.07 Å². The summed E-state index contributed by atoms with van der Waals surface area (Å²) in [6.45, 7) is 0.464. The summed E-state index contributed by atoms with van der Waals surface area (Å²) in [4.78, 5) is 13.7. The van der Waals surface area contributed by atoms with Crippen LogP contribution in [-0.2, 0) is 13.2 Å². The molecule has 1 aromatic heterocycles. The highest BCUT2D eigenvalue weighted by atomic mass is 79.9. The van der Waals surface area contributed by atoms with Crippen LogP contribution in [0.4, 0.5) is 8.78 Å². The van der Waals surface area contributed by atoms with E-state index in [4.69, 9.17) is 4.42 Å². The highest BCUT2D eigenvalue weighted by Crippen LogP contribution is 2.19. The van der Waals surface area contributed by atoms with Crippen molar-refractivity contribution in [1.29, 1.82) is 0 Å². The van der Waals surface area contributed by atoms with Gasteiger partial charge in [-0.05, 0) is 31.3 Å². The summed E-state index contributed by atoms with van der Waals surface area (Å²) in [6, 6.07) is 8.76. The van der Waals surface area contributed by atoms with Crippen molar-refractivity contribution in [2.75, 3.05) is 7.05 Å². The molecule has 4 nitrogen and oxygen atoms in total. The normalized spacial score (nSPS) is 11.5. The first-order valence-corrected chi connectivity index (χ1v) is 7.65. The first-order chi connectivity index (χ1) is 10.9. The van der Waals surface area contributed by atoms with Crippen LogP contribution in [0.1, 0.15) is 5.56 Å². The number of nitrogens with zero attached hydrogens (tertiary/aromatic N) is 2. The van der Waals surface area contributed by atoms with E-state index in [2.05, 4.69) is 15.9 Å². The lowest BCUT2D eigenvalue weighted by Gasteiger charge is -2.17. The summed E-state index contributed by atoms with van der Waals surface area (Å²) in [6.07, 6.45) is 0. The zero-order valence-electron chi connectivity index (χ0n) is 12.2. The molecule has 0 aliphatic heterocycles. The number of benzene rings is 2. The molecule has 120 valence electrons. The van der Waals surface area contributed by atoms with Gasteiger partial charge in [0, 0.05) is 22.6 Å². The fourth-order valence-corrected chi connectivity index (χ4v) is 2.75. The maximum absolute atomic E-state index is 13.7. The van der Waals surface area contributed by atoms with Crippen molar-refractivity contribution < 1.29 is 13.2 Å². The first-order valence-electron chi connectivity index (χ1n) is 6.85. The van der Waals surface area contributed by atoms with Crippen molar-refractivity contribution in [3.05, 3.63) is 68.6 Å². The average molecular weight is 383 g/mol. The van der Waals surface area contributed by atoms with Crippen molar-refractivity contribution in [3.8, 4) is 0 Å². The molecule has 0 aliphatic rings. The fraction of sp³-hybridized carbons (Fsp3) is 0.188. The van der Waals surface area contributed by atoms with Crippen LogP contribution in [0.3, 0.4) is 0 Å². The van der Waals surface area contributed by atoms with Crippen LogP contribution in [-0.4, -0.2) is 16.5 Å². The minimum Gasteiger partial charge on any atom is -0.408 e. The van der Waals surface area contributed by atoms with E-state index < -0.39 is 17.4 Å². The molecule has 23 heavy (non-hydrogen) atoms. The predicted octanol–water partition coefficient (Wildman–Crippen LogP) is 3.72. The number of halogens is 3. The Balaban J connectivity index is 1.84. The molecule has 0 aliphatic carbocycles. The van der Waals surface area contributed by atoms with E-state index in [0.717, 1.165) is 10.5 Å². The van der Waals surface area contributed by atoms with Crippen molar-refractivity contribution in [2.45, 2.75) is 13.2 Å². The number of rotatable bonds is 4. The third-order valence-electron chi connectivity index (χ3n) is 3.47. The van der Waals surface area contributed by atoms with E-state index in [9.17, 15) is 13.6 Å². The molecule has 2 aromatic carbocycles. The first kappa shape index (κ1) is 15.9. The molecular formula is C16H13BrF2N2O2. The topological polar surface area (TPSA) is 38.4 Å². The second kappa shape index (κ2) is 6.25. The van der Waals surface area contributed by atoms with Gasteiger partial charge in [0.05, 0.1) is 12.2 Å². The summed E-state index contributed by atoms with van der Waals surface area (Å²) in [7, 11) is 1.74. The van der Waals surface area contributed by atoms with Crippen molar-refractivity contribution >= 4 is 27.0 Å². The molecule has 0 saturated heterocycles. The molecule has 3 rings (SSSR count). The van der Waals surface area contributed by atoms with Crippen molar-refractivity contribution in [2.24, 2.45) is 0 Å². The number of oxazole rings is 1. The molecule has 3 aromatic rings. The number of hydrogen-bond acceptors (Lipinski definition) is 3. The van der Waals surface area contributed by atoms with Gasteiger partial charge in [0.1, 0.15) is 11.6 Å². The minimum absolute atomic E-state index is 0.226. The maximum Gasteiger partial charge on any atom is 0.421 e. The smallest absolute Gasteiger partial charge is 0.408 e. The number of hydrogen-bond donors (Lipinski definition) is 0. The average Bonchev–Trinajstić information content (AvgIpc) is 2.77. The van der Waals surface area contributed by atoms with Crippen LogP contribution in [0.5, 0.6) is 0 Å². The summed E-state index contributed by atoms with van der Waals surface area (Å²) in [5.41, 5.74) is 1.49. The molecule has 0 saturated carbocycles. The van der Waals surface area contributed by atoms with Gasteiger partial charge in [-0.15, -0.1) is 0 Å². The molecule has 0 spiro atoms. The molecule has 7 heteroatoms. The quantitative estimate of drug-likeness (QED) is 0.689. The van der Waals surface area contributed by atoms with Gasteiger partial charge in [-0.1, -0.05) is 22.0 Å².